The number of halogens is 2. The summed E-state index contributed by atoms with van der Waals surface area (Å²) in [7, 11) is 0. The van der Waals surface area contributed by atoms with Crippen molar-refractivity contribution in [3.63, 3.8) is 0 Å². The molecule has 1 fully saturated rings. The maximum absolute atomic E-state index is 14.4. The first-order valence-electron chi connectivity index (χ1n) is 14.6. The molecule has 0 N–H and O–H groups in total. The fraction of sp³-hybridized carbons (Fsp3) is 0.382. The fourth-order valence-corrected chi connectivity index (χ4v) is 5.28. The summed E-state index contributed by atoms with van der Waals surface area (Å²) in [5.74, 6) is -0.509. The first-order chi connectivity index (χ1) is 20.9. The number of piperazine rings is 1. The van der Waals surface area contributed by atoms with Gasteiger partial charge in [-0.1, -0.05) is 44.2 Å². The number of carbonyl (C=O) groups is 3. The van der Waals surface area contributed by atoms with Crippen LogP contribution in [-0.2, 0) is 14.3 Å². The average Bonchev–Trinajstić information content (AvgIpc) is 2.99. The Bertz CT molecular complexity index is 1430. The van der Waals surface area contributed by atoms with E-state index in [1.54, 1.807) is 34.1 Å². The van der Waals surface area contributed by atoms with Crippen molar-refractivity contribution in [2.24, 2.45) is 5.92 Å². The lowest BCUT2D eigenvalue weighted by atomic mass is 9.97. The molecule has 2 atom stereocenters. The Morgan fingerprint density at radius 1 is 0.932 bits per heavy atom. The van der Waals surface area contributed by atoms with Crippen molar-refractivity contribution in [1.29, 1.82) is 0 Å². The van der Waals surface area contributed by atoms with Gasteiger partial charge in [0.15, 0.2) is 0 Å². The van der Waals surface area contributed by atoms with E-state index < -0.39 is 29.5 Å². The van der Waals surface area contributed by atoms with Gasteiger partial charge >= 0.3 is 6.09 Å². The van der Waals surface area contributed by atoms with Crippen molar-refractivity contribution in [2.75, 3.05) is 30.4 Å². The van der Waals surface area contributed by atoms with Gasteiger partial charge in [-0.3, -0.25) is 14.5 Å². The summed E-state index contributed by atoms with van der Waals surface area (Å²) in [6.45, 7) is 10.1. The van der Waals surface area contributed by atoms with E-state index in [0.717, 1.165) is 0 Å². The molecule has 1 unspecified atom stereocenters. The van der Waals surface area contributed by atoms with E-state index in [9.17, 15) is 18.8 Å². The third-order valence-corrected chi connectivity index (χ3v) is 7.51. The maximum Gasteiger partial charge on any atom is 0.410 e. The predicted octanol–water partition coefficient (Wildman–Crippen LogP) is 7.04. The van der Waals surface area contributed by atoms with Crippen molar-refractivity contribution in [1.82, 2.24) is 9.80 Å². The van der Waals surface area contributed by atoms with Gasteiger partial charge in [-0.15, -0.1) is 11.6 Å². The highest BCUT2D eigenvalue weighted by molar-refractivity contribution is 6.29. The monoisotopic (exact) mass is 623 g/mol. The number of ether oxygens (including phenoxy) is 2. The summed E-state index contributed by atoms with van der Waals surface area (Å²) < 4.78 is 25.5. The van der Waals surface area contributed by atoms with E-state index in [1.807, 2.05) is 65.0 Å². The molecule has 8 nitrogen and oxygen atoms in total. The second kappa shape index (κ2) is 14.1. The zero-order valence-corrected chi connectivity index (χ0v) is 26.5. The molecule has 1 saturated heterocycles. The molecule has 0 bridgehead atoms. The zero-order chi connectivity index (χ0) is 32.0. The molecule has 4 rings (SSSR count). The molecule has 234 valence electrons. The number of benzene rings is 3. The molecule has 0 saturated carbocycles. The van der Waals surface area contributed by atoms with Gasteiger partial charge in [0, 0.05) is 25.3 Å². The molecule has 1 aliphatic heterocycles. The van der Waals surface area contributed by atoms with Crippen LogP contribution in [0.25, 0.3) is 0 Å². The van der Waals surface area contributed by atoms with Crippen molar-refractivity contribution < 1.29 is 28.2 Å². The van der Waals surface area contributed by atoms with E-state index in [4.69, 9.17) is 21.1 Å². The van der Waals surface area contributed by atoms with Gasteiger partial charge < -0.3 is 19.3 Å². The maximum atomic E-state index is 14.4. The number of anilines is 1. The highest BCUT2D eigenvalue weighted by Gasteiger charge is 2.41. The molecule has 0 radical (unpaired) electrons. The van der Waals surface area contributed by atoms with Crippen LogP contribution in [0.4, 0.5) is 14.9 Å². The molecular weight excluding hydrogens is 585 g/mol. The number of rotatable bonds is 8. The highest BCUT2D eigenvalue weighted by Crippen LogP contribution is 2.33. The topological polar surface area (TPSA) is 79.4 Å². The number of amides is 3. The van der Waals surface area contributed by atoms with Crippen LogP contribution in [0.15, 0.2) is 78.9 Å². The molecule has 3 aromatic carbocycles. The van der Waals surface area contributed by atoms with E-state index in [1.165, 1.54) is 29.2 Å². The molecule has 10 heteroatoms. The molecule has 44 heavy (non-hydrogen) atoms. The second-order valence-corrected chi connectivity index (χ2v) is 12.3. The van der Waals surface area contributed by atoms with Gasteiger partial charge in [0.1, 0.15) is 34.8 Å². The van der Waals surface area contributed by atoms with Crippen LogP contribution in [-0.4, -0.2) is 64.9 Å². The Labute approximate surface area is 263 Å². The zero-order valence-electron chi connectivity index (χ0n) is 25.7. The Morgan fingerprint density at radius 2 is 1.55 bits per heavy atom. The SMILES string of the molecule is CC(C)[C@H]1CN(C(=O)C(c2ccc(F)cc2)N(C(=O)CCl)c2ccc(Oc3ccccc3)cc2)CCN1C(=O)OC(C)(C)C. The average molecular weight is 624 g/mol. The standard InChI is InChI=1S/C34H39ClFN3O5/c1-23(2)29-22-37(19-20-38(29)33(42)44-34(3,4)5)32(41)31(24-11-13-25(36)14-12-24)39(30(40)21-35)26-15-17-28(18-16-26)43-27-9-7-6-8-10-27/h6-18,23,29,31H,19-22H2,1-5H3/t29-,31?/m1/s1. The molecule has 0 spiro atoms. The van der Waals surface area contributed by atoms with Gasteiger partial charge in [-0.2, -0.15) is 0 Å². The molecular formula is C34H39ClFN3O5. The lowest BCUT2D eigenvalue weighted by Crippen LogP contribution is -2.60. The van der Waals surface area contributed by atoms with E-state index in [2.05, 4.69) is 0 Å². The van der Waals surface area contributed by atoms with Crippen LogP contribution in [0.2, 0.25) is 0 Å². The lowest BCUT2D eigenvalue weighted by Gasteiger charge is -2.45. The molecule has 3 aromatic rings. The smallest absolute Gasteiger partial charge is 0.410 e. The Hall–Kier alpha value is -4.11. The number of alkyl halides is 1. The summed E-state index contributed by atoms with van der Waals surface area (Å²) in [6, 6.07) is 20.1. The van der Waals surface area contributed by atoms with E-state index in [-0.39, 0.29) is 43.4 Å². The minimum absolute atomic E-state index is 0.0140. The van der Waals surface area contributed by atoms with Crippen molar-refractivity contribution >= 4 is 35.2 Å². The number of nitrogens with zero attached hydrogens (tertiary/aromatic N) is 3. The van der Waals surface area contributed by atoms with E-state index in [0.29, 0.717) is 22.7 Å². The predicted molar refractivity (Wildman–Crippen MR) is 168 cm³/mol. The molecule has 1 heterocycles. The minimum Gasteiger partial charge on any atom is -0.457 e. The van der Waals surface area contributed by atoms with Crippen molar-refractivity contribution in [3.8, 4) is 11.5 Å². The fourth-order valence-electron chi connectivity index (χ4n) is 5.15. The van der Waals surface area contributed by atoms with Gasteiger partial charge in [0.05, 0.1) is 6.04 Å². The largest absolute Gasteiger partial charge is 0.457 e. The Balaban J connectivity index is 1.67. The molecule has 1 aliphatic rings. The number of hydrogen-bond acceptors (Lipinski definition) is 5. The van der Waals surface area contributed by atoms with Crippen molar-refractivity contribution in [3.05, 3.63) is 90.2 Å². The minimum atomic E-state index is -1.14. The van der Waals surface area contributed by atoms with Crippen LogP contribution < -0.4 is 9.64 Å². The Kier molecular flexibility index (Phi) is 10.5. The summed E-state index contributed by atoms with van der Waals surface area (Å²) in [4.78, 5) is 45.6. The first kappa shape index (κ1) is 32.8. The normalized spacial score (nSPS) is 16.0. The quantitative estimate of drug-likeness (QED) is 0.252. The van der Waals surface area contributed by atoms with Crippen molar-refractivity contribution in [2.45, 2.75) is 52.3 Å². The summed E-state index contributed by atoms with van der Waals surface area (Å²) in [5, 5.41) is 0. The third kappa shape index (κ3) is 8.08. The molecule has 0 aliphatic carbocycles. The van der Waals surface area contributed by atoms with Gasteiger partial charge in [0.25, 0.3) is 5.91 Å². The Morgan fingerprint density at radius 3 is 2.11 bits per heavy atom. The van der Waals surface area contributed by atoms with E-state index >= 15 is 0 Å². The summed E-state index contributed by atoms with van der Waals surface area (Å²) in [5.41, 5.74) is 0.185. The van der Waals surface area contributed by atoms with Crippen LogP contribution in [0.5, 0.6) is 11.5 Å². The number of hydrogen-bond donors (Lipinski definition) is 0. The van der Waals surface area contributed by atoms with Crippen LogP contribution in [0.1, 0.15) is 46.2 Å². The summed E-state index contributed by atoms with van der Waals surface area (Å²) >= 11 is 6.10. The number of para-hydroxylation sites is 1. The van der Waals surface area contributed by atoms with Crippen LogP contribution in [0, 0.1) is 11.7 Å². The lowest BCUT2D eigenvalue weighted by molar-refractivity contribution is -0.137. The molecule has 3 amide bonds. The van der Waals surface area contributed by atoms with Gasteiger partial charge in [0.2, 0.25) is 5.91 Å². The summed E-state index contributed by atoms with van der Waals surface area (Å²) in [6.07, 6.45) is -0.435. The number of carbonyl (C=O) groups excluding carboxylic acids is 3. The highest BCUT2D eigenvalue weighted by atomic mass is 35.5. The molecule has 0 aromatic heterocycles. The van der Waals surface area contributed by atoms with Crippen LogP contribution >= 0.6 is 11.6 Å². The van der Waals surface area contributed by atoms with Crippen LogP contribution in [0.3, 0.4) is 0 Å². The third-order valence-electron chi connectivity index (χ3n) is 7.28. The first-order valence-corrected chi connectivity index (χ1v) is 15.2. The van der Waals surface area contributed by atoms with Gasteiger partial charge in [-0.05, 0) is 80.8 Å². The van der Waals surface area contributed by atoms with Gasteiger partial charge in [-0.25, -0.2) is 9.18 Å². The second-order valence-electron chi connectivity index (χ2n) is 12.0.